The molecule has 0 radical (unpaired) electrons. The lowest BCUT2D eigenvalue weighted by molar-refractivity contribution is 0.0954. The van der Waals surface area contributed by atoms with Crippen molar-refractivity contribution in [2.24, 2.45) is 0 Å². The number of amides is 1. The fraction of sp³-hybridized carbons (Fsp3) is 0.167. The van der Waals surface area contributed by atoms with Gasteiger partial charge >= 0.3 is 0 Å². The lowest BCUT2D eigenvalue weighted by Crippen LogP contribution is -2.24. The van der Waals surface area contributed by atoms with Crippen LogP contribution in [0.15, 0.2) is 43.5 Å². The summed E-state index contributed by atoms with van der Waals surface area (Å²) < 4.78 is 0. The average Bonchev–Trinajstić information content (AvgIpc) is 2.56. The molecule has 0 bridgehead atoms. The van der Waals surface area contributed by atoms with Crippen LogP contribution < -0.4 is 5.32 Å². The highest BCUT2D eigenvalue weighted by atomic mass is 35.7. The molecule has 0 aliphatic heterocycles. The summed E-state index contributed by atoms with van der Waals surface area (Å²) in [6.45, 7) is 8.32. The van der Waals surface area contributed by atoms with E-state index in [1.165, 1.54) is 11.0 Å². The van der Waals surface area contributed by atoms with Gasteiger partial charge in [-0.1, -0.05) is 54.5 Å². The molecule has 0 aromatic heterocycles. The molecule has 0 spiro atoms. The van der Waals surface area contributed by atoms with Crippen LogP contribution in [0.4, 0.5) is 0 Å². The first-order chi connectivity index (χ1) is 10.7. The van der Waals surface area contributed by atoms with Crippen molar-refractivity contribution in [1.82, 2.24) is 5.32 Å². The monoisotopic (exact) mass is 331 g/mol. The molecule has 2 rings (SSSR count). The SMILES string of the molecule is C=Cc1ccc2ccc(C(=O)NCCCSCl)cc2c1C=C. The van der Waals surface area contributed by atoms with Gasteiger partial charge in [0.2, 0.25) is 0 Å². The number of carbonyl (C=O) groups is 1. The van der Waals surface area contributed by atoms with Crippen molar-refractivity contribution < 1.29 is 4.79 Å². The van der Waals surface area contributed by atoms with E-state index in [9.17, 15) is 4.79 Å². The Hall–Kier alpha value is -1.71. The number of rotatable bonds is 7. The summed E-state index contributed by atoms with van der Waals surface area (Å²) in [6, 6.07) is 9.74. The summed E-state index contributed by atoms with van der Waals surface area (Å²) in [5.41, 5.74) is 2.66. The number of fused-ring (bicyclic) bond motifs is 1. The number of hydrogen-bond donors (Lipinski definition) is 1. The zero-order valence-corrected chi connectivity index (χ0v) is 13.8. The molecule has 1 amide bonds. The maximum absolute atomic E-state index is 12.2. The summed E-state index contributed by atoms with van der Waals surface area (Å²) in [7, 11) is 6.81. The molecule has 2 aromatic rings. The minimum absolute atomic E-state index is 0.0690. The van der Waals surface area contributed by atoms with E-state index in [1.54, 1.807) is 12.2 Å². The predicted octanol–water partition coefficient (Wildman–Crippen LogP) is 5.13. The van der Waals surface area contributed by atoms with E-state index in [-0.39, 0.29) is 5.91 Å². The topological polar surface area (TPSA) is 29.1 Å². The van der Waals surface area contributed by atoms with Crippen LogP contribution in [0.5, 0.6) is 0 Å². The molecule has 0 aliphatic carbocycles. The van der Waals surface area contributed by atoms with Gasteiger partial charge in [-0.2, -0.15) is 0 Å². The Kier molecular flexibility index (Phi) is 6.10. The minimum atomic E-state index is -0.0690. The first-order valence-corrected chi connectivity index (χ1v) is 8.85. The first-order valence-electron chi connectivity index (χ1n) is 7.04. The van der Waals surface area contributed by atoms with Crippen LogP contribution in [0.2, 0.25) is 0 Å². The lowest BCUT2D eigenvalue weighted by atomic mass is 9.97. The van der Waals surface area contributed by atoms with E-state index in [2.05, 4.69) is 18.5 Å². The molecular formula is C18H18ClNOS. The van der Waals surface area contributed by atoms with Crippen LogP contribution in [0, 0.1) is 0 Å². The van der Waals surface area contributed by atoms with Gasteiger partial charge in [-0.15, -0.1) is 0 Å². The van der Waals surface area contributed by atoms with Crippen LogP contribution >= 0.6 is 21.7 Å². The summed E-state index contributed by atoms with van der Waals surface area (Å²) in [6.07, 6.45) is 4.46. The van der Waals surface area contributed by atoms with Gasteiger partial charge < -0.3 is 5.32 Å². The highest BCUT2D eigenvalue weighted by Gasteiger charge is 2.08. The van der Waals surface area contributed by atoms with E-state index in [1.807, 2.05) is 30.3 Å². The summed E-state index contributed by atoms with van der Waals surface area (Å²) in [4.78, 5) is 12.2. The van der Waals surface area contributed by atoms with Gasteiger partial charge in [0.1, 0.15) is 0 Å². The van der Waals surface area contributed by atoms with Crippen molar-refractivity contribution in [2.45, 2.75) is 6.42 Å². The maximum atomic E-state index is 12.2. The minimum Gasteiger partial charge on any atom is -0.352 e. The number of carbonyl (C=O) groups excluding carboxylic acids is 1. The van der Waals surface area contributed by atoms with Gasteiger partial charge in [-0.05, 0) is 51.1 Å². The van der Waals surface area contributed by atoms with E-state index in [0.717, 1.165) is 34.1 Å². The number of hydrogen-bond acceptors (Lipinski definition) is 2. The van der Waals surface area contributed by atoms with Gasteiger partial charge in [0.25, 0.3) is 5.91 Å². The van der Waals surface area contributed by atoms with E-state index in [4.69, 9.17) is 10.7 Å². The fourth-order valence-electron chi connectivity index (χ4n) is 2.34. The molecule has 0 atom stereocenters. The Morgan fingerprint density at radius 1 is 1.23 bits per heavy atom. The molecule has 0 unspecified atom stereocenters. The number of halogens is 1. The Balaban J connectivity index is 2.30. The molecule has 0 fully saturated rings. The van der Waals surface area contributed by atoms with Crippen LogP contribution in [-0.2, 0) is 0 Å². The van der Waals surface area contributed by atoms with E-state index >= 15 is 0 Å². The Labute approximate surface area is 139 Å². The van der Waals surface area contributed by atoms with Gasteiger partial charge in [0.15, 0.2) is 0 Å². The van der Waals surface area contributed by atoms with Crippen LogP contribution in [0.1, 0.15) is 27.9 Å². The van der Waals surface area contributed by atoms with Crippen molar-refractivity contribution in [1.29, 1.82) is 0 Å². The van der Waals surface area contributed by atoms with Crippen LogP contribution in [0.3, 0.4) is 0 Å². The molecule has 2 aromatic carbocycles. The Morgan fingerprint density at radius 3 is 2.68 bits per heavy atom. The second-order valence-corrected chi connectivity index (χ2v) is 6.12. The zero-order chi connectivity index (χ0) is 15.9. The summed E-state index contributed by atoms with van der Waals surface area (Å²) in [5.74, 6) is 0.753. The largest absolute Gasteiger partial charge is 0.352 e. The zero-order valence-electron chi connectivity index (χ0n) is 12.3. The Morgan fingerprint density at radius 2 is 2.00 bits per heavy atom. The number of benzene rings is 2. The van der Waals surface area contributed by atoms with Crippen LogP contribution in [-0.4, -0.2) is 18.2 Å². The molecule has 22 heavy (non-hydrogen) atoms. The van der Waals surface area contributed by atoms with Crippen molar-refractivity contribution in [3.63, 3.8) is 0 Å². The number of nitrogens with one attached hydrogen (secondary N) is 1. The molecular weight excluding hydrogens is 314 g/mol. The van der Waals surface area contributed by atoms with Gasteiger partial charge in [0.05, 0.1) is 0 Å². The second kappa shape index (κ2) is 8.06. The molecule has 0 heterocycles. The summed E-state index contributed by atoms with van der Waals surface area (Å²) >= 11 is 0. The predicted molar refractivity (Wildman–Crippen MR) is 99.4 cm³/mol. The average molecular weight is 332 g/mol. The lowest BCUT2D eigenvalue weighted by Gasteiger charge is -2.09. The van der Waals surface area contributed by atoms with Gasteiger partial charge in [0, 0.05) is 17.9 Å². The molecule has 114 valence electrons. The van der Waals surface area contributed by atoms with Crippen molar-refractivity contribution in [3.05, 3.63) is 60.2 Å². The molecule has 4 heteroatoms. The van der Waals surface area contributed by atoms with Crippen LogP contribution in [0.25, 0.3) is 22.9 Å². The van der Waals surface area contributed by atoms with Crippen molar-refractivity contribution in [3.8, 4) is 0 Å². The molecule has 1 N–H and O–H groups in total. The van der Waals surface area contributed by atoms with E-state index in [0.29, 0.717) is 12.1 Å². The first kappa shape index (κ1) is 16.7. The quantitative estimate of drug-likeness (QED) is 0.712. The third kappa shape index (κ3) is 3.73. The van der Waals surface area contributed by atoms with Gasteiger partial charge in [-0.3, -0.25) is 4.79 Å². The summed E-state index contributed by atoms with van der Waals surface area (Å²) in [5, 5.41) is 5.00. The highest BCUT2D eigenvalue weighted by molar-refractivity contribution is 8.21. The normalized spacial score (nSPS) is 10.4. The molecule has 0 saturated carbocycles. The third-order valence-electron chi connectivity index (χ3n) is 3.47. The standard InChI is InChI=1S/C18H18ClNOS/c1-3-13-6-7-14-8-9-15(12-17(14)16(13)4-2)18(21)20-10-5-11-22-19/h3-4,6-9,12H,1-2,5,10-11H2,(H,20,21). The van der Waals surface area contributed by atoms with Crippen molar-refractivity contribution >= 4 is 50.5 Å². The smallest absolute Gasteiger partial charge is 0.251 e. The third-order valence-corrected chi connectivity index (χ3v) is 4.37. The maximum Gasteiger partial charge on any atom is 0.251 e. The second-order valence-electron chi connectivity index (χ2n) is 4.84. The highest BCUT2D eigenvalue weighted by Crippen LogP contribution is 2.25. The molecule has 0 aliphatic rings. The van der Waals surface area contributed by atoms with Crippen molar-refractivity contribution in [2.75, 3.05) is 12.3 Å². The molecule has 0 saturated heterocycles. The fourth-order valence-corrected chi connectivity index (χ4v) is 2.92. The van der Waals surface area contributed by atoms with Gasteiger partial charge in [-0.25, -0.2) is 0 Å². The molecule has 2 nitrogen and oxygen atoms in total. The Bertz CT molecular complexity index is 712. The van der Waals surface area contributed by atoms with E-state index < -0.39 is 0 Å².